The number of hydrogen-bond donors (Lipinski definition) is 1. The maximum Gasteiger partial charge on any atom is 0.0655 e. The molecule has 0 aliphatic carbocycles. The molecule has 1 aromatic rings. The third-order valence-corrected chi connectivity index (χ3v) is 2.26. The fourth-order valence-corrected chi connectivity index (χ4v) is 1.51. The highest BCUT2D eigenvalue weighted by Crippen LogP contribution is 2.22. The van der Waals surface area contributed by atoms with Crippen molar-refractivity contribution in [3.8, 4) is 0 Å². The van der Waals surface area contributed by atoms with Crippen LogP contribution in [0.15, 0.2) is 12.1 Å². The summed E-state index contributed by atoms with van der Waals surface area (Å²) in [6, 6.07) is 4.26. The molecular formula is C10H14N2. The summed E-state index contributed by atoms with van der Waals surface area (Å²) >= 11 is 0. The molecule has 0 fully saturated rings. The molecule has 0 saturated carbocycles. The van der Waals surface area contributed by atoms with E-state index < -0.39 is 0 Å². The summed E-state index contributed by atoms with van der Waals surface area (Å²) in [5.41, 5.74) is 3.66. The standard InChI is InChI=1S/C10H14N2/c1-7(2)8-3-4-9-10(12-8)5-6-11-9/h3-4,7,11H,5-6H2,1-2H3. The van der Waals surface area contributed by atoms with Crippen molar-refractivity contribution in [1.29, 1.82) is 0 Å². The van der Waals surface area contributed by atoms with Crippen LogP contribution < -0.4 is 5.32 Å². The Bertz CT molecular complexity index is 292. The van der Waals surface area contributed by atoms with Crippen LogP contribution in [0.25, 0.3) is 0 Å². The van der Waals surface area contributed by atoms with Crippen molar-refractivity contribution in [2.45, 2.75) is 26.2 Å². The van der Waals surface area contributed by atoms with Crippen LogP contribution >= 0.6 is 0 Å². The number of nitrogens with zero attached hydrogens (tertiary/aromatic N) is 1. The molecule has 0 unspecified atom stereocenters. The molecule has 1 aliphatic rings. The van der Waals surface area contributed by atoms with Gasteiger partial charge >= 0.3 is 0 Å². The monoisotopic (exact) mass is 162 g/mol. The van der Waals surface area contributed by atoms with Gasteiger partial charge in [-0.3, -0.25) is 4.98 Å². The number of aromatic nitrogens is 1. The number of fused-ring (bicyclic) bond motifs is 1. The first-order valence-electron chi connectivity index (χ1n) is 4.51. The molecule has 2 heteroatoms. The van der Waals surface area contributed by atoms with E-state index in [1.807, 2.05) is 0 Å². The van der Waals surface area contributed by atoms with Crippen LogP contribution in [-0.4, -0.2) is 11.5 Å². The third-order valence-electron chi connectivity index (χ3n) is 2.26. The highest BCUT2D eigenvalue weighted by molar-refractivity contribution is 5.52. The average molecular weight is 162 g/mol. The van der Waals surface area contributed by atoms with Gasteiger partial charge in [0.05, 0.1) is 11.4 Å². The lowest BCUT2D eigenvalue weighted by molar-refractivity contribution is 0.812. The predicted molar refractivity (Wildman–Crippen MR) is 50.5 cm³/mol. The van der Waals surface area contributed by atoms with E-state index >= 15 is 0 Å². The number of nitrogens with one attached hydrogen (secondary N) is 1. The van der Waals surface area contributed by atoms with Crippen LogP contribution in [0.1, 0.15) is 31.2 Å². The van der Waals surface area contributed by atoms with Crippen LogP contribution in [0.4, 0.5) is 5.69 Å². The Hall–Kier alpha value is -1.05. The van der Waals surface area contributed by atoms with Gasteiger partial charge in [-0.1, -0.05) is 13.8 Å². The second-order valence-electron chi connectivity index (χ2n) is 3.56. The minimum absolute atomic E-state index is 0.538. The molecule has 0 aromatic carbocycles. The zero-order valence-electron chi connectivity index (χ0n) is 7.59. The van der Waals surface area contributed by atoms with Gasteiger partial charge in [-0.25, -0.2) is 0 Å². The van der Waals surface area contributed by atoms with Crippen molar-refractivity contribution in [3.05, 3.63) is 23.5 Å². The van der Waals surface area contributed by atoms with Crippen LogP contribution in [0, 0.1) is 0 Å². The van der Waals surface area contributed by atoms with Crippen molar-refractivity contribution in [3.63, 3.8) is 0 Å². The highest BCUT2D eigenvalue weighted by atomic mass is 14.9. The van der Waals surface area contributed by atoms with E-state index in [4.69, 9.17) is 0 Å². The quantitative estimate of drug-likeness (QED) is 0.684. The van der Waals surface area contributed by atoms with Crippen LogP contribution in [0.2, 0.25) is 0 Å². The first-order chi connectivity index (χ1) is 5.77. The highest BCUT2D eigenvalue weighted by Gasteiger charge is 2.12. The largest absolute Gasteiger partial charge is 0.383 e. The Labute approximate surface area is 73.0 Å². The van der Waals surface area contributed by atoms with E-state index in [0.717, 1.165) is 13.0 Å². The van der Waals surface area contributed by atoms with E-state index in [-0.39, 0.29) is 0 Å². The molecule has 2 rings (SSSR count). The second kappa shape index (κ2) is 2.77. The Kier molecular flexibility index (Phi) is 1.75. The molecule has 64 valence electrons. The number of pyridine rings is 1. The maximum atomic E-state index is 4.59. The summed E-state index contributed by atoms with van der Waals surface area (Å²) in [6.07, 6.45) is 1.08. The van der Waals surface area contributed by atoms with Gasteiger partial charge in [0.25, 0.3) is 0 Å². The van der Waals surface area contributed by atoms with Crippen molar-refractivity contribution >= 4 is 5.69 Å². The molecular weight excluding hydrogens is 148 g/mol. The Balaban J connectivity index is 2.39. The van der Waals surface area contributed by atoms with Gasteiger partial charge in [0.2, 0.25) is 0 Å². The van der Waals surface area contributed by atoms with Gasteiger partial charge in [-0.15, -0.1) is 0 Å². The average Bonchev–Trinajstić information content (AvgIpc) is 2.49. The predicted octanol–water partition coefficient (Wildman–Crippen LogP) is 2.17. The molecule has 0 atom stereocenters. The molecule has 1 aliphatic heterocycles. The fourth-order valence-electron chi connectivity index (χ4n) is 1.51. The lowest BCUT2D eigenvalue weighted by Crippen LogP contribution is -1.95. The second-order valence-corrected chi connectivity index (χ2v) is 3.56. The fraction of sp³-hybridized carbons (Fsp3) is 0.500. The molecule has 0 amide bonds. The molecule has 0 radical (unpaired) electrons. The molecule has 1 N–H and O–H groups in total. The molecule has 12 heavy (non-hydrogen) atoms. The number of hydrogen-bond acceptors (Lipinski definition) is 2. The first kappa shape index (κ1) is 7.59. The van der Waals surface area contributed by atoms with E-state index in [1.165, 1.54) is 17.1 Å². The summed E-state index contributed by atoms with van der Waals surface area (Å²) in [7, 11) is 0. The Morgan fingerprint density at radius 1 is 1.42 bits per heavy atom. The smallest absolute Gasteiger partial charge is 0.0655 e. The molecule has 2 heterocycles. The number of anilines is 1. The van der Waals surface area contributed by atoms with Crippen LogP contribution in [-0.2, 0) is 6.42 Å². The molecule has 0 saturated heterocycles. The van der Waals surface area contributed by atoms with Crippen LogP contribution in [0.5, 0.6) is 0 Å². The van der Waals surface area contributed by atoms with E-state index in [9.17, 15) is 0 Å². The van der Waals surface area contributed by atoms with Gasteiger partial charge < -0.3 is 5.32 Å². The lowest BCUT2D eigenvalue weighted by Gasteiger charge is -2.05. The number of rotatable bonds is 1. The van der Waals surface area contributed by atoms with Crippen molar-refractivity contribution in [1.82, 2.24) is 4.98 Å². The van der Waals surface area contributed by atoms with Crippen LogP contribution in [0.3, 0.4) is 0 Å². The van der Waals surface area contributed by atoms with Crippen molar-refractivity contribution in [2.24, 2.45) is 0 Å². The third kappa shape index (κ3) is 1.17. The van der Waals surface area contributed by atoms with Gasteiger partial charge in [0.15, 0.2) is 0 Å². The van der Waals surface area contributed by atoms with E-state index in [1.54, 1.807) is 0 Å². The summed E-state index contributed by atoms with van der Waals surface area (Å²) in [6.45, 7) is 5.40. The Morgan fingerprint density at radius 2 is 2.25 bits per heavy atom. The van der Waals surface area contributed by atoms with Gasteiger partial charge in [0, 0.05) is 18.7 Å². The Morgan fingerprint density at radius 3 is 3.00 bits per heavy atom. The van der Waals surface area contributed by atoms with Crippen molar-refractivity contribution in [2.75, 3.05) is 11.9 Å². The summed E-state index contributed by atoms with van der Waals surface area (Å²) in [5, 5.41) is 3.30. The minimum atomic E-state index is 0.538. The maximum absolute atomic E-state index is 4.59. The summed E-state index contributed by atoms with van der Waals surface area (Å²) < 4.78 is 0. The molecule has 0 bridgehead atoms. The summed E-state index contributed by atoms with van der Waals surface area (Å²) in [4.78, 5) is 4.59. The molecule has 0 spiro atoms. The van der Waals surface area contributed by atoms with E-state index in [0.29, 0.717) is 5.92 Å². The topological polar surface area (TPSA) is 24.9 Å². The normalized spacial score (nSPS) is 14.6. The first-order valence-corrected chi connectivity index (χ1v) is 4.51. The zero-order valence-corrected chi connectivity index (χ0v) is 7.59. The lowest BCUT2D eigenvalue weighted by atomic mass is 10.1. The van der Waals surface area contributed by atoms with Gasteiger partial charge in [-0.2, -0.15) is 0 Å². The summed E-state index contributed by atoms with van der Waals surface area (Å²) in [5.74, 6) is 0.538. The SMILES string of the molecule is CC(C)c1ccc2c(n1)CCN2. The zero-order chi connectivity index (χ0) is 8.55. The van der Waals surface area contributed by atoms with Crippen molar-refractivity contribution < 1.29 is 0 Å². The van der Waals surface area contributed by atoms with Gasteiger partial charge in [-0.05, 0) is 18.1 Å². The molecule has 1 aromatic heterocycles. The van der Waals surface area contributed by atoms with Gasteiger partial charge in [0.1, 0.15) is 0 Å². The molecule has 2 nitrogen and oxygen atoms in total. The minimum Gasteiger partial charge on any atom is -0.383 e. The van der Waals surface area contributed by atoms with E-state index in [2.05, 4.69) is 36.3 Å².